The molecule has 78 valence electrons. The van der Waals surface area contributed by atoms with Gasteiger partial charge in [0.15, 0.2) is 0 Å². The number of halogens is 2. The molecule has 1 unspecified atom stereocenters. The van der Waals surface area contributed by atoms with Crippen LogP contribution in [-0.4, -0.2) is 12.0 Å². The second-order valence-electron chi connectivity index (χ2n) is 5.54. The summed E-state index contributed by atoms with van der Waals surface area (Å²) in [6.45, 7) is 9.48. The highest BCUT2D eigenvalue weighted by Crippen LogP contribution is 2.72. The molecular formula is C10H19F2N. The number of rotatable bonds is 2. The van der Waals surface area contributed by atoms with Crippen molar-refractivity contribution in [2.75, 3.05) is 0 Å². The van der Waals surface area contributed by atoms with E-state index >= 15 is 0 Å². The molecule has 1 aliphatic rings. The van der Waals surface area contributed by atoms with E-state index in [-0.39, 0.29) is 16.7 Å². The minimum absolute atomic E-state index is 0.0765. The lowest BCUT2D eigenvalue weighted by atomic mass is 9.91. The lowest BCUT2D eigenvalue weighted by Gasteiger charge is -2.26. The summed E-state index contributed by atoms with van der Waals surface area (Å²) in [6.07, 6.45) is -2.45. The number of hydrogen-bond acceptors (Lipinski definition) is 1. The van der Waals surface area contributed by atoms with Crippen molar-refractivity contribution in [1.29, 1.82) is 0 Å². The van der Waals surface area contributed by atoms with Gasteiger partial charge in [0.25, 0.3) is 6.43 Å². The summed E-state index contributed by atoms with van der Waals surface area (Å²) in [5.74, 6) is -0.104. The fourth-order valence-electron chi connectivity index (χ4n) is 2.88. The van der Waals surface area contributed by atoms with Crippen LogP contribution in [0.1, 0.15) is 34.6 Å². The maximum absolute atomic E-state index is 12.7. The Morgan fingerprint density at radius 3 is 1.54 bits per heavy atom. The van der Waals surface area contributed by atoms with Gasteiger partial charge in [-0.2, -0.15) is 0 Å². The van der Waals surface area contributed by atoms with Crippen molar-refractivity contribution in [2.45, 2.75) is 46.6 Å². The average Bonchev–Trinajstić information content (AvgIpc) is 2.23. The second-order valence-corrected chi connectivity index (χ2v) is 5.54. The zero-order valence-corrected chi connectivity index (χ0v) is 8.99. The zero-order valence-electron chi connectivity index (χ0n) is 8.99. The molecule has 1 saturated carbocycles. The first kappa shape index (κ1) is 10.9. The summed E-state index contributed by atoms with van der Waals surface area (Å²) < 4.78 is 25.3. The molecule has 0 amide bonds. The van der Waals surface area contributed by atoms with Crippen LogP contribution in [-0.2, 0) is 0 Å². The molecule has 2 N–H and O–H groups in total. The first-order chi connectivity index (χ1) is 5.56. The SMILES string of the molecule is CC(N)(C(F)F)C1C(C)(C)C1(C)C. The van der Waals surface area contributed by atoms with Gasteiger partial charge in [-0.05, 0) is 23.7 Å². The molecule has 1 fully saturated rings. The Hall–Kier alpha value is -0.180. The highest BCUT2D eigenvalue weighted by atomic mass is 19.3. The molecule has 1 nitrogen and oxygen atoms in total. The summed E-state index contributed by atoms with van der Waals surface area (Å²) in [7, 11) is 0. The van der Waals surface area contributed by atoms with Gasteiger partial charge in [0.05, 0.1) is 5.54 Å². The first-order valence-corrected chi connectivity index (χ1v) is 4.63. The van der Waals surface area contributed by atoms with Gasteiger partial charge < -0.3 is 5.73 Å². The maximum atomic E-state index is 12.7. The third kappa shape index (κ3) is 1.20. The van der Waals surface area contributed by atoms with E-state index in [1.807, 2.05) is 27.7 Å². The maximum Gasteiger partial charge on any atom is 0.256 e. The molecular weight excluding hydrogens is 172 g/mol. The zero-order chi connectivity index (χ0) is 10.7. The number of nitrogens with two attached hydrogens (primary N) is 1. The molecule has 0 aromatic rings. The molecule has 0 aromatic carbocycles. The lowest BCUT2D eigenvalue weighted by molar-refractivity contribution is 0.0402. The molecule has 3 heteroatoms. The predicted molar refractivity (Wildman–Crippen MR) is 49.6 cm³/mol. The van der Waals surface area contributed by atoms with Crippen LogP contribution in [0, 0.1) is 16.7 Å². The monoisotopic (exact) mass is 191 g/mol. The van der Waals surface area contributed by atoms with E-state index < -0.39 is 12.0 Å². The minimum atomic E-state index is -2.45. The molecule has 0 spiro atoms. The molecule has 1 aliphatic carbocycles. The Kier molecular flexibility index (Phi) is 2.04. The van der Waals surface area contributed by atoms with Crippen LogP contribution in [0.2, 0.25) is 0 Å². The van der Waals surface area contributed by atoms with E-state index in [0.29, 0.717) is 0 Å². The first-order valence-electron chi connectivity index (χ1n) is 4.63. The predicted octanol–water partition coefficient (Wildman–Crippen LogP) is 2.65. The van der Waals surface area contributed by atoms with Crippen LogP contribution in [0.25, 0.3) is 0 Å². The topological polar surface area (TPSA) is 26.0 Å². The molecule has 0 radical (unpaired) electrons. The Balaban J connectivity index is 2.90. The normalized spacial score (nSPS) is 30.2. The van der Waals surface area contributed by atoms with E-state index in [1.165, 1.54) is 6.92 Å². The van der Waals surface area contributed by atoms with Crippen molar-refractivity contribution in [3.8, 4) is 0 Å². The fourth-order valence-corrected chi connectivity index (χ4v) is 2.88. The fraction of sp³-hybridized carbons (Fsp3) is 1.00. The van der Waals surface area contributed by atoms with Crippen molar-refractivity contribution in [2.24, 2.45) is 22.5 Å². The van der Waals surface area contributed by atoms with Gasteiger partial charge in [0, 0.05) is 0 Å². The highest BCUT2D eigenvalue weighted by molar-refractivity contribution is 5.20. The number of alkyl halides is 2. The van der Waals surface area contributed by atoms with Crippen molar-refractivity contribution in [3.05, 3.63) is 0 Å². The van der Waals surface area contributed by atoms with Gasteiger partial charge in [-0.15, -0.1) is 0 Å². The van der Waals surface area contributed by atoms with E-state index in [2.05, 4.69) is 0 Å². The van der Waals surface area contributed by atoms with Crippen molar-refractivity contribution in [1.82, 2.24) is 0 Å². The summed E-state index contributed by atoms with van der Waals surface area (Å²) in [5.41, 5.74) is 4.16. The standard InChI is InChI=1S/C10H19F2N/c1-8(2)6(9(8,3)4)10(5,13)7(11)12/h6-7H,13H2,1-5H3. The molecule has 1 atom stereocenters. The quantitative estimate of drug-likeness (QED) is 0.713. The molecule has 0 aromatic heterocycles. The summed E-state index contributed by atoms with van der Waals surface area (Å²) >= 11 is 0. The molecule has 0 heterocycles. The van der Waals surface area contributed by atoms with E-state index in [0.717, 1.165) is 0 Å². The van der Waals surface area contributed by atoms with E-state index in [1.54, 1.807) is 0 Å². The Morgan fingerprint density at radius 1 is 1.15 bits per heavy atom. The largest absolute Gasteiger partial charge is 0.320 e. The molecule has 0 bridgehead atoms. The van der Waals surface area contributed by atoms with Gasteiger partial charge in [0.2, 0.25) is 0 Å². The van der Waals surface area contributed by atoms with Crippen LogP contribution >= 0.6 is 0 Å². The minimum Gasteiger partial charge on any atom is -0.320 e. The molecule has 0 aliphatic heterocycles. The Morgan fingerprint density at radius 2 is 1.46 bits per heavy atom. The summed E-state index contributed by atoms with van der Waals surface area (Å²) in [4.78, 5) is 0. The third-order valence-corrected chi connectivity index (χ3v) is 4.11. The van der Waals surface area contributed by atoms with Gasteiger partial charge in [-0.3, -0.25) is 0 Å². The smallest absolute Gasteiger partial charge is 0.256 e. The average molecular weight is 191 g/mol. The Labute approximate surface area is 78.7 Å². The van der Waals surface area contributed by atoms with Gasteiger partial charge in [-0.1, -0.05) is 27.7 Å². The second kappa shape index (κ2) is 2.44. The van der Waals surface area contributed by atoms with Crippen LogP contribution in [0.4, 0.5) is 8.78 Å². The summed E-state index contributed by atoms with van der Waals surface area (Å²) in [6, 6.07) is 0. The van der Waals surface area contributed by atoms with Crippen molar-refractivity contribution >= 4 is 0 Å². The van der Waals surface area contributed by atoms with E-state index in [4.69, 9.17) is 5.73 Å². The van der Waals surface area contributed by atoms with Crippen LogP contribution in [0.3, 0.4) is 0 Å². The van der Waals surface area contributed by atoms with Gasteiger partial charge in [0.1, 0.15) is 0 Å². The molecule has 1 rings (SSSR count). The van der Waals surface area contributed by atoms with E-state index in [9.17, 15) is 8.78 Å². The van der Waals surface area contributed by atoms with Crippen LogP contribution < -0.4 is 5.73 Å². The van der Waals surface area contributed by atoms with Gasteiger partial charge >= 0.3 is 0 Å². The van der Waals surface area contributed by atoms with Crippen molar-refractivity contribution in [3.63, 3.8) is 0 Å². The van der Waals surface area contributed by atoms with Gasteiger partial charge in [-0.25, -0.2) is 8.78 Å². The highest BCUT2D eigenvalue weighted by Gasteiger charge is 2.71. The number of hydrogen-bond donors (Lipinski definition) is 1. The van der Waals surface area contributed by atoms with Crippen molar-refractivity contribution < 1.29 is 8.78 Å². The van der Waals surface area contributed by atoms with Crippen LogP contribution in [0.5, 0.6) is 0 Å². The lowest BCUT2D eigenvalue weighted by Crippen LogP contribution is -2.48. The molecule has 13 heavy (non-hydrogen) atoms. The molecule has 0 saturated heterocycles. The van der Waals surface area contributed by atoms with Crippen LogP contribution in [0.15, 0.2) is 0 Å². The third-order valence-electron chi connectivity index (χ3n) is 4.11. The Bertz CT molecular complexity index is 205. The summed E-state index contributed by atoms with van der Waals surface area (Å²) in [5, 5.41) is 0.